The minimum absolute atomic E-state index is 0.282. The summed E-state index contributed by atoms with van der Waals surface area (Å²) in [5.74, 6) is 0.282. The number of hydrogen-bond acceptors (Lipinski definition) is 2. The predicted octanol–water partition coefficient (Wildman–Crippen LogP) is 5.87. The van der Waals surface area contributed by atoms with Gasteiger partial charge in [-0.2, -0.15) is 0 Å². The molecule has 2 rings (SSSR count). The van der Waals surface area contributed by atoms with Crippen molar-refractivity contribution in [3.05, 3.63) is 59.6 Å². The molecule has 0 amide bonds. The largest absolute Gasteiger partial charge is 0.508 e. The summed E-state index contributed by atoms with van der Waals surface area (Å²) in [4.78, 5) is 7.90. The monoisotopic (exact) mass is 322 g/mol. The third kappa shape index (κ3) is 4.05. The van der Waals surface area contributed by atoms with E-state index in [9.17, 15) is 5.11 Å². The van der Waals surface area contributed by atoms with Gasteiger partial charge in [-0.1, -0.05) is 32.1 Å². The number of rotatable bonds is 6. The van der Waals surface area contributed by atoms with Gasteiger partial charge in [0.05, 0.1) is 0 Å². The molecule has 0 spiro atoms. The van der Waals surface area contributed by atoms with Crippen LogP contribution in [0.2, 0.25) is 0 Å². The van der Waals surface area contributed by atoms with Gasteiger partial charge in [-0.15, -0.1) is 0 Å². The van der Waals surface area contributed by atoms with E-state index < -0.39 is 0 Å². The van der Waals surface area contributed by atoms with Crippen molar-refractivity contribution in [1.82, 2.24) is 4.98 Å². The van der Waals surface area contributed by atoms with Gasteiger partial charge < -0.3 is 10.1 Å². The number of benzene rings is 1. The lowest BCUT2D eigenvalue weighted by atomic mass is 9.97. The summed E-state index contributed by atoms with van der Waals surface area (Å²) in [5, 5.41) is 9.51. The number of aromatic amines is 1. The smallest absolute Gasteiger partial charge is 0.115 e. The molecule has 2 aromatic rings. The second-order valence-electron chi connectivity index (χ2n) is 5.72. The molecule has 0 fully saturated rings. The van der Waals surface area contributed by atoms with Gasteiger partial charge in [-0.05, 0) is 56.0 Å². The highest BCUT2D eigenvalue weighted by Crippen LogP contribution is 2.30. The van der Waals surface area contributed by atoms with E-state index in [-0.39, 0.29) is 5.75 Å². The van der Waals surface area contributed by atoms with Gasteiger partial charge in [0, 0.05) is 34.9 Å². The van der Waals surface area contributed by atoms with E-state index in [1.807, 2.05) is 37.5 Å². The van der Waals surface area contributed by atoms with Crippen LogP contribution in [0.4, 0.5) is 0 Å². The highest BCUT2D eigenvalue weighted by Gasteiger charge is 2.11. The van der Waals surface area contributed by atoms with Crippen LogP contribution in [0.3, 0.4) is 0 Å². The number of phenolic OH excluding ortho intramolecular Hbond substituents is 1. The maximum absolute atomic E-state index is 9.51. The maximum Gasteiger partial charge on any atom is 0.115 e. The summed E-state index contributed by atoms with van der Waals surface area (Å²) in [6.45, 7) is 8.36. The number of aliphatic imine (C=N–C) groups is 1. The fourth-order valence-corrected chi connectivity index (χ4v) is 2.73. The normalized spacial score (nSPS) is 13.0. The molecule has 0 radical (unpaired) electrons. The molecular formula is C21H26N2O. The molecule has 3 nitrogen and oxygen atoms in total. The van der Waals surface area contributed by atoms with Crippen molar-refractivity contribution in [2.45, 2.75) is 40.5 Å². The summed E-state index contributed by atoms with van der Waals surface area (Å²) in [6, 6.07) is 7.32. The Morgan fingerprint density at radius 1 is 1.17 bits per heavy atom. The Hall–Kier alpha value is -2.55. The molecule has 0 aliphatic heterocycles. The Morgan fingerprint density at radius 2 is 1.88 bits per heavy atom. The number of aryl methyl sites for hydroxylation is 1. The molecule has 1 aromatic carbocycles. The number of aromatic nitrogens is 1. The average Bonchev–Trinajstić information content (AvgIpc) is 2.95. The molecule has 0 atom stereocenters. The number of hydrogen-bond donors (Lipinski definition) is 2. The minimum Gasteiger partial charge on any atom is -0.508 e. The van der Waals surface area contributed by atoms with Gasteiger partial charge in [-0.25, -0.2) is 0 Å². The Morgan fingerprint density at radius 3 is 2.46 bits per heavy atom. The molecule has 3 heteroatoms. The zero-order chi connectivity index (χ0) is 17.5. The van der Waals surface area contributed by atoms with Gasteiger partial charge in [0.25, 0.3) is 0 Å². The highest BCUT2D eigenvalue weighted by atomic mass is 16.3. The molecule has 0 saturated carbocycles. The first-order valence-corrected chi connectivity index (χ1v) is 8.46. The second kappa shape index (κ2) is 8.34. The fourth-order valence-electron chi connectivity index (χ4n) is 2.73. The van der Waals surface area contributed by atoms with Crippen molar-refractivity contribution in [2.24, 2.45) is 4.99 Å². The molecule has 0 saturated heterocycles. The van der Waals surface area contributed by atoms with E-state index in [1.54, 1.807) is 12.1 Å². The Labute approximate surface area is 144 Å². The van der Waals surface area contributed by atoms with E-state index in [2.05, 4.69) is 36.8 Å². The SMILES string of the molecule is C\C=C/N=C(CC)/C(=C/c1c(-c2ccc(O)cc2)c[nH]c1C)CC. The lowest BCUT2D eigenvalue weighted by molar-refractivity contribution is 0.475. The Balaban J connectivity index is 2.51. The lowest BCUT2D eigenvalue weighted by Gasteiger charge is -2.09. The van der Waals surface area contributed by atoms with Crippen LogP contribution in [0, 0.1) is 6.92 Å². The topological polar surface area (TPSA) is 48.4 Å². The van der Waals surface area contributed by atoms with E-state index >= 15 is 0 Å². The van der Waals surface area contributed by atoms with Gasteiger partial charge in [0.15, 0.2) is 0 Å². The van der Waals surface area contributed by atoms with Crippen LogP contribution >= 0.6 is 0 Å². The molecule has 126 valence electrons. The first kappa shape index (κ1) is 17.8. The van der Waals surface area contributed by atoms with Gasteiger partial charge in [0.1, 0.15) is 5.75 Å². The van der Waals surface area contributed by atoms with Crippen LogP contribution in [0.1, 0.15) is 44.9 Å². The third-order valence-corrected chi connectivity index (χ3v) is 4.09. The first-order valence-electron chi connectivity index (χ1n) is 8.46. The first-order chi connectivity index (χ1) is 11.6. The number of aromatic hydroxyl groups is 1. The van der Waals surface area contributed by atoms with E-state index in [0.717, 1.165) is 35.4 Å². The maximum atomic E-state index is 9.51. The average molecular weight is 322 g/mol. The zero-order valence-corrected chi connectivity index (χ0v) is 14.9. The number of H-pyrrole nitrogens is 1. The van der Waals surface area contributed by atoms with Crippen LogP contribution in [0.15, 0.2) is 53.3 Å². The molecule has 0 bridgehead atoms. The van der Waals surface area contributed by atoms with Crippen LogP contribution in [-0.4, -0.2) is 15.8 Å². The molecule has 0 unspecified atom stereocenters. The molecule has 1 aromatic heterocycles. The summed E-state index contributed by atoms with van der Waals surface area (Å²) >= 11 is 0. The third-order valence-electron chi connectivity index (χ3n) is 4.09. The number of nitrogens with one attached hydrogen (secondary N) is 1. The van der Waals surface area contributed by atoms with Crippen LogP contribution in [0.5, 0.6) is 5.75 Å². The summed E-state index contributed by atoms with van der Waals surface area (Å²) in [6.07, 6.45) is 9.90. The van der Waals surface area contributed by atoms with Gasteiger partial charge >= 0.3 is 0 Å². The summed E-state index contributed by atoms with van der Waals surface area (Å²) in [5.41, 5.74) is 6.90. The predicted molar refractivity (Wildman–Crippen MR) is 103 cm³/mol. The quantitative estimate of drug-likeness (QED) is 0.642. The van der Waals surface area contributed by atoms with Crippen LogP contribution < -0.4 is 0 Å². The molecule has 1 heterocycles. The highest BCUT2D eigenvalue weighted by molar-refractivity contribution is 6.04. The molecule has 0 aliphatic rings. The van der Waals surface area contributed by atoms with Crippen molar-refractivity contribution < 1.29 is 5.11 Å². The molecule has 24 heavy (non-hydrogen) atoms. The van der Waals surface area contributed by atoms with E-state index in [4.69, 9.17) is 0 Å². The van der Waals surface area contributed by atoms with Crippen molar-refractivity contribution in [1.29, 1.82) is 0 Å². The Bertz CT molecular complexity index is 762. The van der Waals surface area contributed by atoms with Crippen LogP contribution in [0.25, 0.3) is 17.2 Å². The van der Waals surface area contributed by atoms with Crippen LogP contribution in [-0.2, 0) is 0 Å². The van der Waals surface area contributed by atoms with Gasteiger partial charge in [0.2, 0.25) is 0 Å². The second-order valence-corrected chi connectivity index (χ2v) is 5.72. The van der Waals surface area contributed by atoms with Gasteiger partial charge in [-0.3, -0.25) is 4.99 Å². The summed E-state index contributed by atoms with van der Waals surface area (Å²) < 4.78 is 0. The fraction of sp³-hybridized carbons (Fsp3) is 0.286. The van der Waals surface area contributed by atoms with E-state index in [1.165, 1.54) is 11.1 Å². The van der Waals surface area contributed by atoms with E-state index in [0.29, 0.717) is 0 Å². The summed E-state index contributed by atoms with van der Waals surface area (Å²) in [7, 11) is 0. The molecule has 0 aliphatic carbocycles. The van der Waals surface area contributed by atoms with Crippen molar-refractivity contribution in [2.75, 3.05) is 0 Å². The van der Waals surface area contributed by atoms with Crippen molar-refractivity contribution >= 4 is 11.8 Å². The number of allylic oxidation sites excluding steroid dienone is 2. The zero-order valence-electron chi connectivity index (χ0n) is 14.9. The molecule has 2 N–H and O–H groups in total. The molecular weight excluding hydrogens is 296 g/mol. The number of phenols is 1. The standard InChI is InChI=1S/C21H26N2O/c1-5-12-22-21(7-3)16(6-2)13-19-15(4)23-14-20(19)17-8-10-18(24)11-9-17/h5,8-14,23-24H,6-7H2,1-4H3/b12-5-,16-13+,22-21+. The van der Waals surface area contributed by atoms with Crippen molar-refractivity contribution in [3.8, 4) is 16.9 Å². The number of nitrogens with zero attached hydrogens (tertiary/aromatic N) is 1. The van der Waals surface area contributed by atoms with Crippen molar-refractivity contribution in [3.63, 3.8) is 0 Å². The lowest BCUT2D eigenvalue weighted by Crippen LogP contribution is -2.00. The Kier molecular flexibility index (Phi) is 6.19. The minimum atomic E-state index is 0.282.